The highest BCUT2D eigenvalue weighted by Crippen LogP contribution is 2.25. The van der Waals surface area contributed by atoms with Crippen molar-refractivity contribution in [3.8, 4) is 0 Å². The molecule has 3 heteroatoms. The maximum atomic E-state index is 11.5. The first-order valence-corrected chi connectivity index (χ1v) is 6.91. The summed E-state index contributed by atoms with van der Waals surface area (Å²) in [7, 11) is 0. The van der Waals surface area contributed by atoms with E-state index in [1.165, 1.54) is 5.56 Å². The molecule has 0 aliphatic carbocycles. The van der Waals surface area contributed by atoms with E-state index in [-0.39, 0.29) is 7.40 Å². The lowest BCUT2D eigenvalue weighted by atomic mass is 9.97. The van der Waals surface area contributed by atoms with Crippen molar-refractivity contribution in [3.63, 3.8) is 0 Å². The summed E-state index contributed by atoms with van der Waals surface area (Å²) < 4.78 is 4.99. The Hall–Kier alpha value is -1.77. The van der Waals surface area contributed by atoms with Gasteiger partial charge in [-0.3, -0.25) is 4.79 Å². The van der Waals surface area contributed by atoms with Crippen molar-refractivity contribution in [2.24, 2.45) is 0 Å². The first-order valence-electron chi connectivity index (χ1n) is 6.91. The van der Waals surface area contributed by atoms with Gasteiger partial charge in [-0.2, -0.15) is 0 Å². The van der Waals surface area contributed by atoms with Gasteiger partial charge >= 0.3 is 5.97 Å². The molecule has 104 valence electrons. The van der Waals surface area contributed by atoms with Crippen LogP contribution in [-0.4, -0.2) is 17.6 Å². The van der Waals surface area contributed by atoms with Crippen molar-refractivity contribution in [3.05, 3.63) is 35.5 Å². The minimum absolute atomic E-state index is 0. The Balaban J connectivity index is 0.00000200. The van der Waals surface area contributed by atoms with Gasteiger partial charge in [-0.05, 0) is 36.5 Å². The van der Waals surface area contributed by atoms with Crippen molar-refractivity contribution >= 4 is 16.9 Å². The largest absolute Gasteiger partial charge is 0.466 e. The Morgan fingerprint density at radius 2 is 2.21 bits per heavy atom. The molecule has 2 rings (SSSR count). The molecule has 0 saturated heterocycles. The molecule has 0 amide bonds. The van der Waals surface area contributed by atoms with E-state index in [9.17, 15) is 4.79 Å². The zero-order valence-corrected chi connectivity index (χ0v) is 11.8. The minimum atomic E-state index is -0.172. The van der Waals surface area contributed by atoms with Crippen LogP contribution < -0.4 is 0 Å². The van der Waals surface area contributed by atoms with E-state index >= 15 is 0 Å². The maximum absolute atomic E-state index is 11.5. The number of benzene rings is 1. The van der Waals surface area contributed by atoms with Crippen LogP contribution in [0.15, 0.2) is 24.4 Å². The van der Waals surface area contributed by atoms with Gasteiger partial charge < -0.3 is 9.72 Å². The molecule has 0 saturated carbocycles. The fourth-order valence-corrected chi connectivity index (χ4v) is 2.26. The number of aromatic nitrogens is 1. The Kier molecular flexibility index (Phi) is 4.25. The van der Waals surface area contributed by atoms with Gasteiger partial charge in [0.2, 0.25) is 0 Å². The lowest BCUT2D eigenvalue weighted by molar-refractivity contribution is -0.142. The predicted octanol–water partition coefficient (Wildman–Crippen LogP) is 4.03. The number of esters is 1. The molecule has 0 bridgehead atoms. The Morgan fingerprint density at radius 1 is 1.42 bits per heavy atom. The van der Waals surface area contributed by atoms with Crippen LogP contribution in [0.5, 0.6) is 0 Å². The second kappa shape index (κ2) is 5.91. The Labute approximate surface area is 115 Å². The number of nitrogens with one attached hydrogen (secondary N) is 1. The number of hydrogen-bond acceptors (Lipinski definition) is 2. The van der Waals surface area contributed by atoms with Crippen LogP contribution in [0.1, 0.15) is 45.7 Å². The summed E-state index contributed by atoms with van der Waals surface area (Å²) in [4.78, 5) is 14.8. The van der Waals surface area contributed by atoms with Crippen molar-refractivity contribution in [1.29, 1.82) is 0 Å². The Morgan fingerprint density at radius 3 is 2.89 bits per heavy atom. The van der Waals surface area contributed by atoms with E-state index in [4.69, 9.17) is 4.74 Å². The van der Waals surface area contributed by atoms with Gasteiger partial charge in [-0.15, -0.1) is 0 Å². The summed E-state index contributed by atoms with van der Waals surface area (Å²) in [5.41, 5.74) is 3.43. The molecule has 0 fully saturated rings. The lowest BCUT2D eigenvalue weighted by Crippen LogP contribution is -2.06. The summed E-state index contributed by atoms with van der Waals surface area (Å²) in [6.07, 6.45) is 3.36. The zero-order chi connectivity index (χ0) is 13.8. The van der Waals surface area contributed by atoms with E-state index in [2.05, 4.69) is 37.0 Å². The summed E-state index contributed by atoms with van der Waals surface area (Å²) in [6, 6.07) is 6.43. The van der Waals surface area contributed by atoms with Crippen LogP contribution in [0.4, 0.5) is 0 Å². The topological polar surface area (TPSA) is 42.1 Å². The molecule has 0 aliphatic rings. The molecular formula is C16H23NO2. The van der Waals surface area contributed by atoms with E-state index in [1.54, 1.807) is 0 Å². The average Bonchev–Trinajstić information content (AvgIpc) is 2.80. The molecule has 1 N–H and O–H groups in total. The first kappa shape index (κ1) is 13.7. The van der Waals surface area contributed by atoms with E-state index in [0.29, 0.717) is 18.9 Å². The van der Waals surface area contributed by atoms with Crippen molar-refractivity contribution in [1.82, 2.24) is 4.98 Å². The number of aromatic amines is 1. The van der Waals surface area contributed by atoms with Gasteiger partial charge in [0.05, 0.1) is 13.0 Å². The van der Waals surface area contributed by atoms with Gasteiger partial charge in [0.25, 0.3) is 0 Å². The van der Waals surface area contributed by atoms with Gasteiger partial charge in [-0.25, -0.2) is 0 Å². The molecule has 0 aliphatic heterocycles. The summed E-state index contributed by atoms with van der Waals surface area (Å²) in [5.74, 6) is 0.385. The third kappa shape index (κ3) is 2.98. The third-order valence-corrected chi connectivity index (χ3v) is 3.61. The zero-order valence-electron chi connectivity index (χ0n) is 11.8. The predicted molar refractivity (Wildman–Crippen MR) is 79.5 cm³/mol. The second-order valence-corrected chi connectivity index (χ2v) is 4.91. The van der Waals surface area contributed by atoms with Crippen LogP contribution in [0.2, 0.25) is 0 Å². The molecule has 1 unspecified atom stereocenters. The monoisotopic (exact) mass is 261 g/mol. The molecule has 1 heterocycles. The highest BCUT2D eigenvalue weighted by atomic mass is 16.5. The quantitative estimate of drug-likeness (QED) is 0.825. The molecule has 1 aromatic heterocycles. The smallest absolute Gasteiger partial charge is 0.310 e. The molecule has 0 spiro atoms. The number of carbonyl (C=O) groups excluding carboxylic acids is 1. The van der Waals surface area contributed by atoms with Crippen molar-refractivity contribution < 1.29 is 11.0 Å². The number of hydrogen-bond donors (Lipinski definition) is 1. The van der Waals surface area contributed by atoms with E-state index < -0.39 is 0 Å². The molecule has 3 nitrogen and oxygen atoms in total. The standard InChI is InChI=1S/C16H21NO2.H2/c1-4-11(3)12-6-7-14-13(9-16(18)19-5-2)10-17-15(14)8-12;/h6-8,10-11,17H,4-5,9H2,1-3H3;1H. The first-order chi connectivity index (χ1) is 9.15. The fourth-order valence-electron chi connectivity index (χ4n) is 2.26. The number of carbonyl (C=O) groups is 1. The van der Waals surface area contributed by atoms with Gasteiger partial charge in [0.15, 0.2) is 0 Å². The fraction of sp³-hybridized carbons (Fsp3) is 0.438. The summed E-state index contributed by atoms with van der Waals surface area (Å²) >= 11 is 0. The molecule has 0 radical (unpaired) electrons. The SMILES string of the molecule is CCOC(=O)Cc1c[nH]c2cc(C(C)CC)ccc12.[HH]. The van der Waals surface area contributed by atoms with Crippen LogP contribution in [0.25, 0.3) is 10.9 Å². The van der Waals surface area contributed by atoms with Crippen molar-refractivity contribution in [2.75, 3.05) is 6.61 Å². The molecule has 19 heavy (non-hydrogen) atoms. The van der Waals surface area contributed by atoms with Gasteiger partial charge in [0.1, 0.15) is 0 Å². The Bertz CT molecular complexity index is 577. The average molecular weight is 261 g/mol. The van der Waals surface area contributed by atoms with Crippen LogP contribution in [-0.2, 0) is 16.0 Å². The minimum Gasteiger partial charge on any atom is -0.466 e. The summed E-state index contributed by atoms with van der Waals surface area (Å²) in [5, 5.41) is 1.11. The molecule has 1 aromatic carbocycles. The normalized spacial score (nSPS) is 12.6. The van der Waals surface area contributed by atoms with Crippen LogP contribution >= 0.6 is 0 Å². The highest BCUT2D eigenvalue weighted by molar-refractivity contribution is 5.87. The molecule has 1 atom stereocenters. The van der Waals surface area contributed by atoms with Crippen LogP contribution in [0.3, 0.4) is 0 Å². The summed E-state index contributed by atoms with van der Waals surface area (Å²) in [6.45, 7) is 6.67. The van der Waals surface area contributed by atoms with Crippen LogP contribution in [0, 0.1) is 0 Å². The van der Waals surface area contributed by atoms with E-state index in [0.717, 1.165) is 22.9 Å². The number of ether oxygens (including phenoxy) is 1. The lowest BCUT2D eigenvalue weighted by Gasteiger charge is -2.08. The van der Waals surface area contributed by atoms with Crippen molar-refractivity contribution in [2.45, 2.75) is 39.5 Å². The highest BCUT2D eigenvalue weighted by Gasteiger charge is 2.11. The third-order valence-electron chi connectivity index (χ3n) is 3.61. The number of fused-ring (bicyclic) bond motifs is 1. The van der Waals surface area contributed by atoms with Gasteiger partial charge in [-0.1, -0.05) is 26.0 Å². The maximum Gasteiger partial charge on any atom is 0.310 e. The second-order valence-electron chi connectivity index (χ2n) is 4.91. The number of H-pyrrole nitrogens is 1. The number of rotatable bonds is 5. The van der Waals surface area contributed by atoms with E-state index in [1.807, 2.05) is 13.1 Å². The van der Waals surface area contributed by atoms with Gasteiger partial charge in [0, 0.05) is 18.5 Å². The molecule has 2 aromatic rings. The molecular weight excluding hydrogens is 238 g/mol.